The van der Waals surface area contributed by atoms with Gasteiger partial charge in [-0.2, -0.15) is 0 Å². The van der Waals surface area contributed by atoms with E-state index in [9.17, 15) is 14.7 Å². The Hall–Kier alpha value is -2.18. The minimum Gasteiger partial charge on any atom is -0.389 e. The lowest BCUT2D eigenvalue weighted by Gasteiger charge is -2.26. The first-order valence-electron chi connectivity index (χ1n) is 10.4. The third-order valence-electron chi connectivity index (χ3n) is 6.20. The van der Waals surface area contributed by atoms with Crippen LogP contribution in [0.1, 0.15) is 57.4 Å². The molecule has 2 fully saturated rings. The molecule has 6 heteroatoms. The maximum atomic E-state index is 12.9. The van der Waals surface area contributed by atoms with Crippen molar-refractivity contribution in [2.45, 2.75) is 63.0 Å². The van der Waals surface area contributed by atoms with Crippen molar-refractivity contribution < 1.29 is 9.90 Å². The van der Waals surface area contributed by atoms with Crippen LogP contribution in [0.4, 0.5) is 5.69 Å². The molecule has 1 aromatic carbocycles. The predicted octanol–water partition coefficient (Wildman–Crippen LogP) is 2.95. The second-order valence-electron chi connectivity index (χ2n) is 8.31. The molecule has 2 aromatic rings. The van der Waals surface area contributed by atoms with Crippen molar-refractivity contribution in [1.82, 2.24) is 9.88 Å². The number of pyridine rings is 1. The first-order valence-corrected chi connectivity index (χ1v) is 10.4. The summed E-state index contributed by atoms with van der Waals surface area (Å²) in [6.45, 7) is 1.73. The van der Waals surface area contributed by atoms with Crippen LogP contribution < -0.4 is 16.2 Å². The van der Waals surface area contributed by atoms with Gasteiger partial charge in [-0.05, 0) is 44.0 Å². The fourth-order valence-electron chi connectivity index (χ4n) is 4.62. The number of benzene rings is 1. The summed E-state index contributed by atoms with van der Waals surface area (Å²) >= 11 is 0. The number of aromatic nitrogens is 1. The smallest absolute Gasteiger partial charge is 0.258 e. The fourth-order valence-corrected chi connectivity index (χ4v) is 4.62. The Morgan fingerprint density at radius 1 is 1.18 bits per heavy atom. The summed E-state index contributed by atoms with van der Waals surface area (Å²) in [6.07, 6.45) is 8.41. The van der Waals surface area contributed by atoms with Crippen molar-refractivity contribution in [2.75, 3.05) is 18.4 Å². The van der Waals surface area contributed by atoms with Crippen LogP contribution in [0.2, 0.25) is 0 Å². The summed E-state index contributed by atoms with van der Waals surface area (Å²) in [6, 6.07) is 7.52. The average molecular weight is 383 g/mol. The Kier molecular flexibility index (Phi) is 5.51. The quantitative estimate of drug-likeness (QED) is 0.709. The van der Waals surface area contributed by atoms with Gasteiger partial charge in [-0.25, -0.2) is 0 Å². The third kappa shape index (κ3) is 3.98. The van der Waals surface area contributed by atoms with Crippen LogP contribution >= 0.6 is 0 Å². The molecule has 1 aliphatic heterocycles. The normalized spacial score (nSPS) is 22.1. The lowest BCUT2D eigenvalue weighted by molar-refractivity contribution is -0.121. The van der Waals surface area contributed by atoms with Crippen LogP contribution in [0.3, 0.4) is 0 Å². The first kappa shape index (κ1) is 19.2. The molecule has 1 saturated heterocycles. The Bertz CT molecular complexity index is 907. The number of aliphatic hydroxyl groups is 1. The number of carbonyl (C=O) groups is 1. The first-order chi connectivity index (χ1) is 13.6. The van der Waals surface area contributed by atoms with Gasteiger partial charge in [0.1, 0.15) is 0 Å². The summed E-state index contributed by atoms with van der Waals surface area (Å²) in [4.78, 5) is 25.6. The second-order valence-corrected chi connectivity index (χ2v) is 8.31. The van der Waals surface area contributed by atoms with Crippen LogP contribution in [0.15, 0.2) is 35.3 Å². The Balaban J connectivity index is 1.56. The highest BCUT2D eigenvalue weighted by molar-refractivity contribution is 6.02. The van der Waals surface area contributed by atoms with Crippen LogP contribution in [-0.2, 0) is 4.79 Å². The topological polar surface area (TPSA) is 83.4 Å². The minimum atomic E-state index is -0.909. The SMILES string of the molecule is O=C(CC1(O)CCCCCC1)Nc1cccc2c(=O)n([C@@H]3CCNC3)ccc12. The molecular formula is C22H29N3O3. The van der Waals surface area contributed by atoms with E-state index in [0.29, 0.717) is 23.9 Å². The van der Waals surface area contributed by atoms with Gasteiger partial charge in [0.25, 0.3) is 5.56 Å². The number of carbonyl (C=O) groups excluding carboxylic acids is 1. The Morgan fingerprint density at radius 2 is 1.96 bits per heavy atom. The second kappa shape index (κ2) is 8.05. The molecule has 0 spiro atoms. The zero-order valence-electron chi connectivity index (χ0n) is 16.2. The van der Waals surface area contributed by atoms with Gasteiger partial charge in [0.15, 0.2) is 0 Å². The van der Waals surface area contributed by atoms with E-state index in [-0.39, 0.29) is 23.9 Å². The van der Waals surface area contributed by atoms with E-state index in [2.05, 4.69) is 10.6 Å². The van der Waals surface area contributed by atoms with Gasteiger partial charge in [0, 0.05) is 29.2 Å². The molecule has 1 saturated carbocycles. The summed E-state index contributed by atoms with van der Waals surface area (Å²) < 4.78 is 1.79. The van der Waals surface area contributed by atoms with E-state index >= 15 is 0 Å². The zero-order valence-corrected chi connectivity index (χ0v) is 16.2. The molecule has 0 bridgehead atoms. The van der Waals surface area contributed by atoms with Crippen molar-refractivity contribution in [3.63, 3.8) is 0 Å². The van der Waals surface area contributed by atoms with E-state index < -0.39 is 5.60 Å². The summed E-state index contributed by atoms with van der Waals surface area (Å²) in [5.41, 5.74) is -0.300. The molecule has 6 nitrogen and oxygen atoms in total. The van der Waals surface area contributed by atoms with Crippen LogP contribution in [0, 0.1) is 0 Å². The molecule has 28 heavy (non-hydrogen) atoms. The van der Waals surface area contributed by atoms with E-state index in [1.807, 2.05) is 24.4 Å². The molecule has 1 aromatic heterocycles. The number of fused-ring (bicyclic) bond motifs is 1. The van der Waals surface area contributed by atoms with Crippen molar-refractivity contribution in [3.05, 3.63) is 40.8 Å². The van der Waals surface area contributed by atoms with Gasteiger partial charge in [-0.15, -0.1) is 0 Å². The predicted molar refractivity (Wildman–Crippen MR) is 111 cm³/mol. The molecular weight excluding hydrogens is 354 g/mol. The van der Waals surface area contributed by atoms with Gasteiger partial charge >= 0.3 is 0 Å². The van der Waals surface area contributed by atoms with Gasteiger partial charge in [-0.3, -0.25) is 9.59 Å². The monoisotopic (exact) mass is 383 g/mol. The number of nitrogens with zero attached hydrogens (tertiary/aromatic N) is 1. The molecule has 150 valence electrons. The highest BCUT2D eigenvalue weighted by Gasteiger charge is 2.30. The molecule has 1 atom stereocenters. The van der Waals surface area contributed by atoms with Crippen molar-refractivity contribution in [1.29, 1.82) is 0 Å². The largest absolute Gasteiger partial charge is 0.389 e. The number of nitrogens with one attached hydrogen (secondary N) is 2. The van der Waals surface area contributed by atoms with E-state index in [1.54, 1.807) is 10.6 Å². The van der Waals surface area contributed by atoms with Crippen molar-refractivity contribution in [3.8, 4) is 0 Å². The fraction of sp³-hybridized carbons (Fsp3) is 0.545. The number of hydrogen-bond acceptors (Lipinski definition) is 4. The van der Waals surface area contributed by atoms with Crippen LogP contribution in [0.5, 0.6) is 0 Å². The molecule has 0 radical (unpaired) electrons. The number of amides is 1. The molecule has 1 aliphatic carbocycles. The molecule has 1 amide bonds. The van der Waals surface area contributed by atoms with E-state index in [0.717, 1.165) is 50.6 Å². The molecule has 2 aliphatic rings. The van der Waals surface area contributed by atoms with Gasteiger partial charge in [-0.1, -0.05) is 31.7 Å². The summed E-state index contributed by atoms with van der Waals surface area (Å²) in [5.74, 6) is -0.193. The van der Waals surface area contributed by atoms with E-state index in [4.69, 9.17) is 0 Å². The van der Waals surface area contributed by atoms with Crippen molar-refractivity contribution in [2.24, 2.45) is 0 Å². The summed E-state index contributed by atoms with van der Waals surface area (Å²) in [7, 11) is 0. The van der Waals surface area contributed by atoms with Gasteiger partial charge in [0.2, 0.25) is 5.91 Å². The number of hydrogen-bond donors (Lipinski definition) is 3. The standard InChI is InChI=1S/C22H29N3O3/c26-20(14-22(28)10-3-1-2-4-11-22)24-19-7-5-6-18-17(19)9-13-25(21(18)27)16-8-12-23-15-16/h5-7,9,13,16,23,28H,1-4,8,10-12,14-15H2,(H,24,26)/t16-/m1/s1. The molecule has 4 rings (SSSR count). The molecule has 2 heterocycles. The highest BCUT2D eigenvalue weighted by atomic mass is 16.3. The zero-order chi connectivity index (χ0) is 19.6. The highest BCUT2D eigenvalue weighted by Crippen LogP contribution is 2.30. The van der Waals surface area contributed by atoms with Gasteiger partial charge in [0.05, 0.1) is 18.1 Å². The van der Waals surface area contributed by atoms with E-state index in [1.165, 1.54) is 0 Å². The average Bonchev–Trinajstić information content (AvgIpc) is 3.11. The lowest BCUT2D eigenvalue weighted by Crippen LogP contribution is -2.33. The Labute approximate surface area is 164 Å². The third-order valence-corrected chi connectivity index (χ3v) is 6.20. The van der Waals surface area contributed by atoms with Crippen molar-refractivity contribution >= 4 is 22.4 Å². The minimum absolute atomic E-state index is 0.0234. The molecule has 0 unspecified atom stereocenters. The molecule has 3 N–H and O–H groups in total. The lowest BCUT2D eigenvalue weighted by atomic mass is 9.90. The maximum absolute atomic E-state index is 12.9. The van der Waals surface area contributed by atoms with Gasteiger partial charge < -0.3 is 20.3 Å². The summed E-state index contributed by atoms with van der Waals surface area (Å²) in [5, 5.41) is 18.4. The van der Waals surface area contributed by atoms with Crippen LogP contribution in [0.25, 0.3) is 10.8 Å². The Morgan fingerprint density at radius 3 is 2.68 bits per heavy atom. The van der Waals surface area contributed by atoms with Crippen LogP contribution in [-0.4, -0.2) is 34.3 Å². The maximum Gasteiger partial charge on any atom is 0.258 e. The number of anilines is 1. The number of rotatable bonds is 4.